The number of anilines is 1. The number of aromatic amines is 1. The summed E-state index contributed by atoms with van der Waals surface area (Å²) in [4.78, 5) is 28.2. The maximum absolute atomic E-state index is 12.4. The lowest BCUT2D eigenvalue weighted by molar-refractivity contribution is -0.131. The van der Waals surface area contributed by atoms with Crippen molar-refractivity contribution in [1.29, 1.82) is 5.26 Å². The van der Waals surface area contributed by atoms with E-state index in [0.717, 1.165) is 29.8 Å². The Morgan fingerprint density at radius 3 is 3.20 bits per heavy atom. The molecule has 3 rings (SSSR count). The fourth-order valence-electron chi connectivity index (χ4n) is 3.42. The first-order chi connectivity index (χ1) is 12.1. The minimum Gasteiger partial charge on any atom is -0.354 e. The number of aromatic nitrogens is 3. The number of nitrogens with zero attached hydrogens (tertiary/aromatic N) is 5. The number of nitrogens with one attached hydrogen (secondary N) is 1. The quantitative estimate of drug-likeness (QED) is 0.863. The Morgan fingerprint density at radius 2 is 2.40 bits per heavy atom. The topological polar surface area (TPSA) is 88.9 Å². The summed E-state index contributed by atoms with van der Waals surface area (Å²) in [6.45, 7) is 3.63. The number of rotatable bonds is 4. The summed E-state index contributed by atoms with van der Waals surface area (Å²) in [7, 11) is 2.03. The molecule has 7 heteroatoms. The van der Waals surface area contributed by atoms with Gasteiger partial charge >= 0.3 is 0 Å². The van der Waals surface area contributed by atoms with Gasteiger partial charge in [0.15, 0.2) is 0 Å². The van der Waals surface area contributed by atoms with Crippen molar-refractivity contribution in [1.82, 2.24) is 19.9 Å². The molecule has 0 aromatic carbocycles. The first-order valence-electron chi connectivity index (χ1n) is 8.45. The number of amides is 1. The number of fused-ring (bicyclic) bond motifs is 1. The number of carbonyl (C=O) groups is 1. The molecule has 0 bridgehead atoms. The summed E-state index contributed by atoms with van der Waals surface area (Å²) in [5.74, 6) is 1.39. The van der Waals surface area contributed by atoms with Crippen LogP contribution in [0.1, 0.15) is 19.8 Å². The molecule has 2 aromatic heterocycles. The van der Waals surface area contributed by atoms with Crippen LogP contribution in [0.2, 0.25) is 0 Å². The zero-order valence-electron chi connectivity index (χ0n) is 14.5. The summed E-state index contributed by atoms with van der Waals surface area (Å²) in [6.07, 6.45) is 7.62. The Morgan fingerprint density at radius 1 is 1.56 bits per heavy atom. The molecule has 1 amide bonds. The van der Waals surface area contributed by atoms with Gasteiger partial charge in [0.2, 0.25) is 5.91 Å². The highest BCUT2D eigenvalue weighted by molar-refractivity contribution is 5.87. The maximum atomic E-state index is 12.4. The Labute approximate surface area is 147 Å². The summed E-state index contributed by atoms with van der Waals surface area (Å²) in [6, 6.07) is 4.08. The number of carbonyl (C=O) groups excluding carboxylic acids is 1. The molecule has 1 aliphatic heterocycles. The molecule has 7 nitrogen and oxygen atoms in total. The zero-order valence-corrected chi connectivity index (χ0v) is 14.5. The van der Waals surface area contributed by atoms with Gasteiger partial charge in [0, 0.05) is 38.8 Å². The number of nitriles is 1. The first kappa shape index (κ1) is 17.0. The van der Waals surface area contributed by atoms with Crippen LogP contribution < -0.4 is 4.90 Å². The van der Waals surface area contributed by atoms with E-state index in [9.17, 15) is 4.79 Å². The molecule has 3 heterocycles. The highest BCUT2D eigenvalue weighted by atomic mass is 16.2. The van der Waals surface area contributed by atoms with Crippen LogP contribution >= 0.6 is 0 Å². The van der Waals surface area contributed by atoms with Gasteiger partial charge in [0.25, 0.3) is 0 Å². The van der Waals surface area contributed by atoms with E-state index in [2.05, 4.69) is 26.8 Å². The first-order valence-corrected chi connectivity index (χ1v) is 8.45. The van der Waals surface area contributed by atoms with E-state index in [1.165, 1.54) is 6.08 Å². The van der Waals surface area contributed by atoms with Gasteiger partial charge in [-0.05, 0) is 18.4 Å². The minimum absolute atomic E-state index is 0.0614. The third kappa shape index (κ3) is 3.48. The van der Waals surface area contributed by atoms with Crippen molar-refractivity contribution >= 4 is 22.8 Å². The van der Waals surface area contributed by atoms with Crippen LogP contribution in [0.15, 0.2) is 30.7 Å². The maximum Gasteiger partial charge on any atom is 0.226 e. The Balaban J connectivity index is 1.78. The molecule has 2 atom stereocenters. The normalized spacial score (nSPS) is 20.8. The van der Waals surface area contributed by atoms with Gasteiger partial charge in [-0.2, -0.15) is 5.26 Å². The molecule has 0 radical (unpaired) electrons. The molecule has 130 valence electrons. The number of hydrogen-bond acceptors (Lipinski definition) is 5. The van der Waals surface area contributed by atoms with E-state index in [1.807, 2.05) is 30.3 Å². The molecule has 1 aliphatic rings. The number of allylic oxidation sites excluding steroid dienone is 1. The second-order valence-electron chi connectivity index (χ2n) is 6.46. The van der Waals surface area contributed by atoms with Crippen LogP contribution in [0.5, 0.6) is 0 Å². The van der Waals surface area contributed by atoms with Gasteiger partial charge in [-0.1, -0.05) is 13.0 Å². The van der Waals surface area contributed by atoms with Crippen molar-refractivity contribution in [2.45, 2.75) is 25.8 Å². The molecule has 0 spiro atoms. The molecule has 25 heavy (non-hydrogen) atoms. The van der Waals surface area contributed by atoms with E-state index in [1.54, 1.807) is 12.4 Å². The van der Waals surface area contributed by atoms with E-state index in [4.69, 9.17) is 5.26 Å². The van der Waals surface area contributed by atoms with Gasteiger partial charge in [-0.3, -0.25) is 4.79 Å². The standard InChI is InChI=1S/C18H22N6O/c1-13-7-10-24(16(25)5-3-4-8-19)11-15(13)23(2)18-14-6-9-20-17(14)21-12-22-18/h3-4,6,9,12-13,15H,5,7,10-11H2,1-2H3,(H,20,21,22)/b4-3+. The van der Waals surface area contributed by atoms with Gasteiger partial charge in [0.05, 0.1) is 17.5 Å². The number of likely N-dealkylation sites (tertiary alicyclic amines) is 1. The van der Waals surface area contributed by atoms with Gasteiger partial charge in [0.1, 0.15) is 17.8 Å². The van der Waals surface area contributed by atoms with Crippen LogP contribution in [0.3, 0.4) is 0 Å². The zero-order chi connectivity index (χ0) is 17.8. The summed E-state index contributed by atoms with van der Waals surface area (Å²) < 4.78 is 0. The largest absolute Gasteiger partial charge is 0.354 e. The molecular weight excluding hydrogens is 316 g/mol. The molecular formula is C18H22N6O. The van der Waals surface area contributed by atoms with Crippen molar-refractivity contribution in [3.63, 3.8) is 0 Å². The van der Waals surface area contributed by atoms with E-state index in [-0.39, 0.29) is 18.4 Å². The molecule has 1 N–H and O–H groups in total. The number of piperidine rings is 1. The van der Waals surface area contributed by atoms with Crippen LogP contribution in [-0.4, -0.2) is 51.9 Å². The second-order valence-corrected chi connectivity index (χ2v) is 6.46. The number of H-pyrrole nitrogens is 1. The molecule has 0 saturated carbocycles. The van der Waals surface area contributed by atoms with E-state index < -0.39 is 0 Å². The molecule has 0 aliphatic carbocycles. The van der Waals surface area contributed by atoms with Crippen LogP contribution in [-0.2, 0) is 4.79 Å². The highest BCUT2D eigenvalue weighted by Crippen LogP contribution is 2.28. The van der Waals surface area contributed by atoms with Gasteiger partial charge in [-0.15, -0.1) is 0 Å². The smallest absolute Gasteiger partial charge is 0.226 e. The SMILES string of the molecule is CC1CCN(C(=O)C/C=C/C#N)CC1N(C)c1ncnc2[nH]ccc12. The predicted octanol–water partition coefficient (Wildman–Crippen LogP) is 2.10. The van der Waals surface area contributed by atoms with E-state index in [0.29, 0.717) is 12.5 Å². The third-order valence-corrected chi connectivity index (χ3v) is 4.92. The summed E-state index contributed by atoms with van der Waals surface area (Å²) in [5.41, 5.74) is 0.815. The van der Waals surface area contributed by atoms with Crippen LogP contribution in [0.4, 0.5) is 5.82 Å². The number of hydrogen-bond donors (Lipinski definition) is 1. The third-order valence-electron chi connectivity index (χ3n) is 4.92. The average molecular weight is 338 g/mol. The van der Waals surface area contributed by atoms with Crippen molar-refractivity contribution in [2.75, 3.05) is 25.0 Å². The predicted molar refractivity (Wildman–Crippen MR) is 95.8 cm³/mol. The average Bonchev–Trinajstić information content (AvgIpc) is 3.10. The highest BCUT2D eigenvalue weighted by Gasteiger charge is 2.32. The monoisotopic (exact) mass is 338 g/mol. The molecule has 1 saturated heterocycles. The van der Waals surface area contributed by atoms with Crippen molar-refractivity contribution in [2.24, 2.45) is 5.92 Å². The fourth-order valence-corrected chi connectivity index (χ4v) is 3.42. The summed E-state index contributed by atoms with van der Waals surface area (Å²) in [5, 5.41) is 9.53. The molecule has 2 unspecified atom stereocenters. The van der Waals surface area contributed by atoms with Crippen molar-refractivity contribution in [3.8, 4) is 6.07 Å². The Hall–Kier alpha value is -2.88. The van der Waals surface area contributed by atoms with Crippen molar-refractivity contribution in [3.05, 3.63) is 30.7 Å². The lowest BCUT2D eigenvalue weighted by atomic mass is 9.92. The van der Waals surface area contributed by atoms with Crippen molar-refractivity contribution < 1.29 is 4.79 Å². The van der Waals surface area contributed by atoms with Crippen LogP contribution in [0, 0.1) is 17.2 Å². The minimum atomic E-state index is 0.0614. The van der Waals surface area contributed by atoms with Gasteiger partial charge < -0.3 is 14.8 Å². The lowest BCUT2D eigenvalue weighted by Crippen LogP contribution is -2.52. The van der Waals surface area contributed by atoms with Crippen LogP contribution in [0.25, 0.3) is 11.0 Å². The number of likely N-dealkylation sites (N-methyl/N-ethyl adjacent to an activating group) is 1. The lowest BCUT2D eigenvalue weighted by Gasteiger charge is -2.42. The second kappa shape index (κ2) is 7.34. The molecule has 2 aromatic rings. The molecule has 1 fully saturated rings. The fraction of sp³-hybridized carbons (Fsp3) is 0.444. The van der Waals surface area contributed by atoms with Gasteiger partial charge in [-0.25, -0.2) is 9.97 Å². The Kier molecular flexibility index (Phi) is 4.98. The Bertz CT molecular complexity index is 820. The summed E-state index contributed by atoms with van der Waals surface area (Å²) >= 11 is 0. The van der Waals surface area contributed by atoms with E-state index >= 15 is 0 Å².